The molecule has 2 heterocycles. The highest BCUT2D eigenvalue weighted by molar-refractivity contribution is 7.18. The minimum Gasteiger partial charge on any atom is -0.382 e. The van der Waals surface area contributed by atoms with Crippen LogP contribution in [0.2, 0.25) is 0 Å². The van der Waals surface area contributed by atoms with Crippen molar-refractivity contribution < 1.29 is 4.79 Å². The van der Waals surface area contributed by atoms with Gasteiger partial charge in [-0.05, 0) is 33.4 Å². The highest BCUT2D eigenvalue weighted by atomic mass is 32.1. The molecule has 21 heavy (non-hydrogen) atoms. The molecule has 1 aliphatic rings. The van der Waals surface area contributed by atoms with E-state index >= 15 is 0 Å². The predicted octanol–water partition coefficient (Wildman–Crippen LogP) is 1.71. The molecule has 1 atom stereocenters. The molecule has 1 saturated heterocycles. The minimum atomic E-state index is 0.0114. The first-order chi connectivity index (χ1) is 10.0. The van der Waals surface area contributed by atoms with Crippen LogP contribution in [0.3, 0.4) is 0 Å². The Morgan fingerprint density at radius 3 is 3.00 bits per heavy atom. The summed E-state index contributed by atoms with van der Waals surface area (Å²) in [5.41, 5.74) is 5.93. The van der Waals surface area contributed by atoms with Gasteiger partial charge >= 0.3 is 0 Å². The minimum absolute atomic E-state index is 0.0114. The first-order valence-corrected chi connectivity index (χ1v) is 8.34. The van der Waals surface area contributed by atoms with Crippen LogP contribution in [-0.4, -0.2) is 60.0 Å². The standard InChI is InChI=1S/C14H25N5OS/c1-4-6-16-14-17-12(15)11(21-14)13(20)19-8-5-7-18(3)9-10(19)2/h10H,4-9,15H2,1-3H3,(H,16,17). The fourth-order valence-corrected chi connectivity index (χ4v) is 3.46. The molecule has 0 aromatic carbocycles. The second-order valence-electron chi connectivity index (χ2n) is 5.62. The maximum Gasteiger partial charge on any atom is 0.268 e. The lowest BCUT2D eigenvalue weighted by atomic mass is 10.2. The number of anilines is 2. The Morgan fingerprint density at radius 2 is 2.29 bits per heavy atom. The number of nitrogens with one attached hydrogen (secondary N) is 1. The van der Waals surface area contributed by atoms with Crippen molar-refractivity contribution >= 4 is 28.2 Å². The van der Waals surface area contributed by atoms with E-state index in [0.717, 1.165) is 44.2 Å². The van der Waals surface area contributed by atoms with Gasteiger partial charge in [0.2, 0.25) is 0 Å². The number of nitrogens with two attached hydrogens (primary N) is 1. The predicted molar refractivity (Wildman–Crippen MR) is 87.9 cm³/mol. The third kappa shape index (κ3) is 3.85. The molecule has 0 radical (unpaired) electrons. The molecule has 0 spiro atoms. The number of amides is 1. The van der Waals surface area contributed by atoms with Gasteiger partial charge in [-0.15, -0.1) is 0 Å². The van der Waals surface area contributed by atoms with Gasteiger partial charge in [0.1, 0.15) is 10.7 Å². The molecule has 1 unspecified atom stereocenters. The number of hydrogen-bond acceptors (Lipinski definition) is 6. The molecule has 2 rings (SSSR count). The van der Waals surface area contributed by atoms with Gasteiger partial charge < -0.3 is 20.9 Å². The molecular formula is C14H25N5OS. The van der Waals surface area contributed by atoms with Crippen LogP contribution >= 0.6 is 11.3 Å². The molecule has 1 aromatic rings. The summed E-state index contributed by atoms with van der Waals surface area (Å²) in [4.78, 5) is 21.8. The zero-order valence-corrected chi connectivity index (χ0v) is 13.9. The number of carbonyl (C=O) groups excluding carboxylic acids is 1. The summed E-state index contributed by atoms with van der Waals surface area (Å²) in [6, 6.07) is 0.193. The fourth-order valence-electron chi connectivity index (χ4n) is 2.60. The molecule has 0 saturated carbocycles. The summed E-state index contributed by atoms with van der Waals surface area (Å²) in [5, 5.41) is 3.93. The van der Waals surface area contributed by atoms with E-state index in [1.54, 1.807) is 0 Å². The molecule has 118 valence electrons. The first kappa shape index (κ1) is 16.0. The van der Waals surface area contributed by atoms with E-state index in [-0.39, 0.29) is 11.9 Å². The van der Waals surface area contributed by atoms with Crippen LogP contribution in [0, 0.1) is 0 Å². The molecule has 1 fully saturated rings. The van der Waals surface area contributed by atoms with Gasteiger partial charge in [0, 0.05) is 25.7 Å². The lowest BCUT2D eigenvalue weighted by molar-refractivity contribution is 0.0702. The smallest absolute Gasteiger partial charge is 0.268 e. The molecular weight excluding hydrogens is 286 g/mol. The zero-order chi connectivity index (χ0) is 15.4. The topological polar surface area (TPSA) is 74.5 Å². The summed E-state index contributed by atoms with van der Waals surface area (Å²) < 4.78 is 0. The number of hydrogen-bond donors (Lipinski definition) is 2. The average molecular weight is 311 g/mol. The first-order valence-electron chi connectivity index (χ1n) is 7.52. The molecule has 0 bridgehead atoms. The Hall–Kier alpha value is -1.34. The molecule has 7 heteroatoms. The van der Waals surface area contributed by atoms with Crippen LogP contribution in [-0.2, 0) is 0 Å². The Labute approximate surface area is 130 Å². The monoisotopic (exact) mass is 311 g/mol. The molecule has 1 amide bonds. The van der Waals surface area contributed by atoms with E-state index in [1.807, 2.05) is 4.90 Å². The molecule has 0 aliphatic carbocycles. The van der Waals surface area contributed by atoms with Gasteiger partial charge in [0.25, 0.3) is 5.91 Å². The van der Waals surface area contributed by atoms with Crippen LogP contribution in [0.25, 0.3) is 0 Å². The van der Waals surface area contributed by atoms with Crippen LogP contribution in [0.15, 0.2) is 0 Å². The normalized spacial score (nSPS) is 20.3. The number of aromatic nitrogens is 1. The third-order valence-electron chi connectivity index (χ3n) is 3.68. The van der Waals surface area contributed by atoms with E-state index in [4.69, 9.17) is 5.73 Å². The number of rotatable bonds is 4. The van der Waals surface area contributed by atoms with Crippen LogP contribution in [0.1, 0.15) is 36.4 Å². The number of likely N-dealkylation sites (N-methyl/N-ethyl adjacent to an activating group) is 1. The number of thiazole rings is 1. The second-order valence-corrected chi connectivity index (χ2v) is 6.62. The highest BCUT2D eigenvalue weighted by Gasteiger charge is 2.28. The van der Waals surface area contributed by atoms with Gasteiger partial charge in [-0.25, -0.2) is 4.98 Å². The molecule has 6 nitrogen and oxygen atoms in total. The zero-order valence-electron chi connectivity index (χ0n) is 13.1. The number of nitrogens with zero attached hydrogens (tertiary/aromatic N) is 3. The summed E-state index contributed by atoms with van der Waals surface area (Å²) in [6.07, 6.45) is 2.00. The van der Waals surface area contributed by atoms with Crippen molar-refractivity contribution in [1.82, 2.24) is 14.8 Å². The van der Waals surface area contributed by atoms with Crippen LogP contribution < -0.4 is 11.1 Å². The largest absolute Gasteiger partial charge is 0.382 e. The Bertz CT molecular complexity index is 490. The summed E-state index contributed by atoms with van der Waals surface area (Å²) in [7, 11) is 2.10. The maximum atomic E-state index is 12.7. The van der Waals surface area contributed by atoms with Crippen LogP contribution in [0.5, 0.6) is 0 Å². The van der Waals surface area contributed by atoms with Crippen LogP contribution in [0.4, 0.5) is 10.9 Å². The van der Waals surface area contributed by atoms with E-state index in [9.17, 15) is 4.79 Å². The molecule has 1 aromatic heterocycles. The molecule has 1 aliphatic heterocycles. The van der Waals surface area contributed by atoms with Crippen molar-refractivity contribution in [3.05, 3.63) is 4.88 Å². The van der Waals surface area contributed by atoms with Gasteiger partial charge in [-0.1, -0.05) is 18.3 Å². The Kier molecular flexibility index (Phi) is 5.41. The van der Waals surface area contributed by atoms with Gasteiger partial charge in [-0.3, -0.25) is 4.79 Å². The van der Waals surface area contributed by atoms with E-state index in [2.05, 4.69) is 36.1 Å². The quantitative estimate of drug-likeness (QED) is 0.885. The van der Waals surface area contributed by atoms with E-state index in [1.165, 1.54) is 11.3 Å². The Morgan fingerprint density at radius 1 is 1.52 bits per heavy atom. The number of carbonyl (C=O) groups is 1. The Balaban J connectivity index is 2.13. The van der Waals surface area contributed by atoms with Crippen molar-refractivity contribution in [2.24, 2.45) is 0 Å². The fraction of sp³-hybridized carbons (Fsp3) is 0.714. The van der Waals surface area contributed by atoms with Crippen molar-refractivity contribution in [2.45, 2.75) is 32.7 Å². The van der Waals surface area contributed by atoms with Crippen molar-refractivity contribution in [3.63, 3.8) is 0 Å². The number of nitrogen functional groups attached to an aromatic ring is 1. The van der Waals surface area contributed by atoms with Gasteiger partial charge in [0.05, 0.1) is 0 Å². The van der Waals surface area contributed by atoms with Gasteiger partial charge in [0.15, 0.2) is 5.13 Å². The SMILES string of the molecule is CCCNc1nc(N)c(C(=O)N2CCCN(C)CC2C)s1. The van der Waals surface area contributed by atoms with E-state index in [0.29, 0.717) is 10.7 Å². The lowest BCUT2D eigenvalue weighted by Gasteiger charge is -2.27. The molecule has 3 N–H and O–H groups in total. The summed E-state index contributed by atoms with van der Waals surface area (Å²) >= 11 is 1.36. The average Bonchev–Trinajstić information content (AvgIpc) is 2.72. The third-order valence-corrected chi connectivity index (χ3v) is 4.70. The summed E-state index contributed by atoms with van der Waals surface area (Å²) in [6.45, 7) is 7.71. The lowest BCUT2D eigenvalue weighted by Crippen LogP contribution is -2.41. The van der Waals surface area contributed by atoms with Crippen molar-refractivity contribution in [1.29, 1.82) is 0 Å². The van der Waals surface area contributed by atoms with Crippen molar-refractivity contribution in [2.75, 3.05) is 44.3 Å². The summed E-state index contributed by atoms with van der Waals surface area (Å²) in [5.74, 6) is 0.353. The second kappa shape index (κ2) is 7.09. The highest BCUT2D eigenvalue weighted by Crippen LogP contribution is 2.27. The van der Waals surface area contributed by atoms with E-state index < -0.39 is 0 Å². The van der Waals surface area contributed by atoms with Crippen molar-refractivity contribution in [3.8, 4) is 0 Å². The van der Waals surface area contributed by atoms with Gasteiger partial charge in [-0.2, -0.15) is 0 Å². The maximum absolute atomic E-state index is 12.7.